The predicted molar refractivity (Wildman–Crippen MR) is 55.3 cm³/mol. The Morgan fingerprint density at radius 3 is 2.86 bits per heavy atom. The van der Waals surface area contributed by atoms with Crippen LogP contribution in [-0.2, 0) is 4.74 Å². The molecular weight excluding hydrogens is 180 g/mol. The van der Waals surface area contributed by atoms with E-state index in [2.05, 4.69) is 5.32 Å². The molecule has 1 saturated carbocycles. The molecule has 1 aliphatic rings. The van der Waals surface area contributed by atoms with E-state index >= 15 is 0 Å². The van der Waals surface area contributed by atoms with Crippen molar-refractivity contribution in [2.45, 2.75) is 38.3 Å². The van der Waals surface area contributed by atoms with Gasteiger partial charge in [-0.15, -0.1) is 0 Å². The minimum absolute atomic E-state index is 0.00134. The molecule has 4 nitrogen and oxygen atoms in total. The average molecular weight is 200 g/mol. The molecule has 1 aliphatic carbocycles. The van der Waals surface area contributed by atoms with Crippen LogP contribution in [0.3, 0.4) is 0 Å². The standard InChI is InChI=1S/C10H20N2O2/c1-4-12(2)10(13)11-8-6-5-7-9(8)14-3/h8-9H,4-7H2,1-3H3,(H,11,13). The van der Waals surface area contributed by atoms with Gasteiger partial charge in [-0.25, -0.2) is 4.79 Å². The molecule has 0 spiro atoms. The van der Waals surface area contributed by atoms with E-state index in [1.807, 2.05) is 6.92 Å². The van der Waals surface area contributed by atoms with Crippen LogP contribution < -0.4 is 5.32 Å². The maximum Gasteiger partial charge on any atom is 0.317 e. The lowest BCUT2D eigenvalue weighted by molar-refractivity contribution is 0.0855. The van der Waals surface area contributed by atoms with E-state index in [-0.39, 0.29) is 18.2 Å². The van der Waals surface area contributed by atoms with Gasteiger partial charge in [-0.05, 0) is 26.2 Å². The van der Waals surface area contributed by atoms with Crippen LogP contribution in [0.1, 0.15) is 26.2 Å². The summed E-state index contributed by atoms with van der Waals surface area (Å²) in [4.78, 5) is 13.2. The maximum atomic E-state index is 11.6. The van der Waals surface area contributed by atoms with Gasteiger partial charge in [0.2, 0.25) is 0 Å². The third kappa shape index (κ3) is 2.61. The van der Waals surface area contributed by atoms with Gasteiger partial charge in [0, 0.05) is 20.7 Å². The molecule has 0 aromatic rings. The molecule has 4 heteroatoms. The van der Waals surface area contributed by atoms with Gasteiger partial charge in [0.15, 0.2) is 0 Å². The number of rotatable bonds is 3. The summed E-state index contributed by atoms with van der Waals surface area (Å²) < 4.78 is 5.30. The van der Waals surface area contributed by atoms with E-state index in [9.17, 15) is 4.79 Å². The van der Waals surface area contributed by atoms with Crippen LogP contribution in [-0.4, -0.2) is 43.8 Å². The van der Waals surface area contributed by atoms with Gasteiger partial charge in [0.25, 0.3) is 0 Å². The lowest BCUT2D eigenvalue weighted by Crippen LogP contribution is -2.46. The first-order valence-corrected chi connectivity index (χ1v) is 5.23. The molecule has 0 aromatic heterocycles. The van der Waals surface area contributed by atoms with Gasteiger partial charge in [-0.2, -0.15) is 0 Å². The Kier molecular flexibility index (Phi) is 4.20. The summed E-state index contributed by atoms with van der Waals surface area (Å²) >= 11 is 0. The first-order chi connectivity index (χ1) is 6.69. The molecule has 2 amide bonds. The summed E-state index contributed by atoms with van der Waals surface area (Å²) in [7, 11) is 3.50. The Morgan fingerprint density at radius 2 is 2.29 bits per heavy atom. The molecule has 1 rings (SSSR count). The van der Waals surface area contributed by atoms with E-state index in [1.54, 1.807) is 19.1 Å². The Balaban J connectivity index is 2.39. The molecule has 0 bridgehead atoms. The van der Waals surface area contributed by atoms with Crippen molar-refractivity contribution in [3.63, 3.8) is 0 Å². The highest BCUT2D eigenvalue weighted by Gasteiger charge is 2.28. The molecule has 0 aromatic carbocycles. The second kappa shape index (κ2) is 5.20. The van der Waals surface area contributed by atoms with Gasteiger partial charge in [-0.1, -0.05) is 0 Å². The van der Waals surface area contributed by atoms with Gasteiger partial charge in [0.1, 0.15) is 0 Å². The summed E-state index contributed by atoms with van der Waals surface area (Å²) in [5, 5.41) is 2.99. The van der Waals surface area contributed by atoms with Crippen LogP contribution in [0.15, 0.2) is 0 Å². The second-order valence-electron chi connectivity index (χ2n) is 3.78. The number of nitrogens with zero attached hydrogens (tertiary/aromatic N) is 1. The van der Waals surface area contributed by atoms with Crippen molar-refractivity contribution in [2.75, 3.05) is 20.7 Å². The third-order valence-electron chi connectivity index (χ3n) is 2.89. The summed E-state index contributed by atoms with van der Waals surface area (Å²) in [6, 6.07) is 0.197. The molecule has 14 heavy (non-hydrogen) atoms. The molecule has 0 heterocycles. The number of carbonyl (C=O) groups excluding carboxylic acids is 1. The van der Waals surface area contributed by atoms with E-state index in [4.69, 9.17) is 4.74 Å². The minimum Gasteiger partial charge on any atom is -0.379 e. The zero-order chi connectivity index (χ0) is 10.6. The number of hydrogen-bond donors (Lipinski definition) is 1. The molecule has 1 N–H and O–H groups in total. The maximum absolute atomic E-state index is 11.6. The number of amides is 2. The van der Waals surface area contributed by atoms with Crippen molar-refractivity contribution in [3.05, 3.63) is 0 Å². The third-order valence-corrected chi connectivity index (χ3v) is 2.89. The number of methoxy groups -OCH3 is 1. The number of carbonyl (C=O) groups is 1. The number of nitrogens with one attached hydrogen (secondary N) is 1. The molecule has 1 fully saturated rings. The summed E-state index contributed by atoms with van der Waals surface area (Å²) in [5.74, 6) is 0. The molecule has 0 saturated heterocycles. The Labute approximate surface area is 85.6 Å². The molecule has 82 valence electrons. The van der Waals surface area contributed by atoms with Crippen LogP contribution in [0.4, 0.5) is 4.79 Å². The fraction of sp³-hybridized carbons (Fsp3) is 0.900. The van der Waals surface area contributed by atoms with Gasteiger partial charge in [0.05, 0.1) is 12.1 Å². The minimum atomic E-state index is 0.00134. The SMILES string of the molecule is CCN(C)C(=O)NC1CCCC1OC. The van der Waals surface area contributed by atoms with Crippen LogP contribution in [0, 0.1) is 0 Å². The van der Waals surface area contributed by atoms with Crippen LogP contribution in [0.25, 0.3) is 0 Å². The van der Waals surface area contributed by atoms with Crippen LogP contribution >= 0.6 is 0 Å². The van der Waals surface area contributed by atoms with Crippen LogP contribution in [0.5, 0.6) is 0 Å². The zero-order valence-corrected chi connectivity index (χ0v) is 9.25. The quantitative estimate of drug-likeness (QED) is 0.744. The highest BCUT2D eigenvalue weighted by molar-refractivity contribution is 5.74. The van der Waals surface area contributed by atoms with E-state index in [0.29, 0.717) is 0 Å². The lowest BCUT2D eigenvalue weighted by atomic mass is 10.2. The van der Waals surface area contributed by atoms with Crippen molar-refractivity contribution in [3.8, 4) is 0 Å². The first-order valence-electron chi connectivity index (χ1n) is 5.23. The van der Waals surface area contributed by atoms with Crippen molar-refractivity contribution in [1.29, 1.82) is 0 Å². The highest BCUT2D eigenvalue weighted by atomic mass is 16.5. The molecule has 0 radical (unpaired) electrons. The lowest BCUT2D eigenvalue weighted by Gasteiger charge is -2.23. The largest absolute Gasteiger partial charge is 0.379 e. The smallest absolute Gasteiger partial charge is 0.317 e. The van der Waals surface area contributed by atoms with Crippen molar-refractivity contribution in [2.24, 2.45) is 0 Å². The second-order valence-corrected chi connectivity index (χ2v) is 3.78. The monoisotopic (exact) mass is 200 g/mol. The molecule has 2 unspecified atom stereocenters. The average Bonchev–Trinajstić information content (AvgIpc) is 2.63. The first kappa shape index (κ1) is 11.3. The van der Waals surface area contributed by atoms with Gasteiger partial charge < -0.3 is 15.0 Å². The van der Waals surface area contributed by atoms with Crippen molar-refractivity contribution in [1.82, 2.24) is 10.2 Å². The van der Waals surface area contributed by atoms with Gasteiger partial charge >= 0.3 is 6.03 Å². The number of urea groups is 1. The van der Waals surface area contributed by atoms with E-state index < -0.39 is 0 Å². The normalized spacial score (nSPS) is 26.2. The van der Waals surface area contributed by atoms with Crippen molar-refractivity contribution >= 4 is 6.03 Å². The van der Waals surface area contributed by atoms with Crippen molar-refractivity contribution < 1.29 is 9.53 Å². The van der Waals surface area contributed by atoms with E-state index in [1.165, 1.54) is 0 Å². The molecule has 0 aliphatic heterocycles. The van der Waals surface area contributed by atoms with Crippen LogP contribution in [0.2, 0.25) is 0 Å². The number of hydrogen-bond acceptors (Lipinski definition) is 2. The van der Waals surface area contributed by atoms with E-state index in [0.717, 1.165) is 25.8 Å². The Hall–Kier alpha value is -0.770. The molecule has 2 atom stereocenters. The summed E-state index contributed by atoms with van der Waals surface area (Å²) in [6.45, 7) is 2.69. The highest BCUT2D eigenvalue weighted by Crippen LogP contribution is 2.21. The topological polar surface area (TPSA) is 41.6 Å². The van der Waals surface area contributed by atoms with Gasteiger partial charge in [-0.3, -0.25) is 0 Å². The Bertz CT molecular complexity index is 197. The zero-order valence-electron chi connectivity index (χ0n) is 9.25. The summed E-state index contributed by atoms with van der Waals surface area (Å²) in [6.07, 6.45) is 3.42. The predicted octanol–water partition coefficient (Wildman–Crippen LogP) is 1.22. The molecular formula is C10H20N2O2. The number of ether oxygens (including phenoxy) is 1. The fourth-order valence-electron chi connectivity index (χ4n) is 1.79. The summed E-state index contributed by atoms with van der Waals surface area (Å²) in [5.41, 5.74) is 0. The fourth-order valence-corrected chi connectivity index (χ4v) is 1.79. The Morgan fingerprint density at radius 1 is 1.57 bits per heavy atom.